The van der Waals surface area contributed by atoms with Gasteiger partial charge < -0.3 is 15.2 Å². The van der Waals surface area contributed by atoms with Crippen molar-refractivity contribution < 1.29 is 24.4 Å². The molecule has 132 valence electrons. The lowest BCUT2D eigenvalue weighted by molar-refractivity contribution is -0.384. The molecular formula is C15H16N4O6. The number of nitro benzene ring substituents is 1. The van der Waals surface area contributed by atoms with Gasteiger partial charge in [-0.2, -0.15) is 5.10 Å². The van der Waals surface area contributed by atoms with Crippen LogP contribution in [0.4, 0.5) is 5.69 Å². The van der Waals surface area contributed by atoms with E-state index < -0.39 is 22.3 Å². The van der Waals surface area contributed by atoms with Crippen molar-refractivity contribution in [2.24, 2.45) is 0 Å². The molecule has 0 unspecified atom stereocenters. The highest BCUT2D eigenvalue weighted by atomic mass is 16.6. The zero-order valence-corrected chi connectivity index (χ0v) is 13.2. The number of fused-ring (bicyclic) bond motifs is 1. The fourth-order valence-electron chi connectivity index (χ4n) is 2.99. The van der Waals surface area contributed by atoms with E-state index >= 15 is 0 Å². The number of nitrogens with zero attached hydrogens (tertiary/aromatic N) is 2. The van der Waals surface area contributed by atoms with Crippen molar-refractivity contribution in [3.63, 3.8) is 0 Å². The number of aliphatic carboxylic acids is 1. The number of hydrogen-bond donors (Lipinski definition) is 3. The summed E-state index contributed by atoms with van der Waals surface area (Å²) in [5.74, 6) is -1.60. The van der Waals surface area contributed by atoms with Crippen LogP contribution in [-0.2, 0) is 9.53 Å². The maximum absolute atomic E-state index is 12.7. The molecule has 1 amide bonds. The summed E-state index contributed by atoms with van der Waals surface area (Å²) in [4.78, 5) is 34.2. The molecule has 1 aromatic heterocycles. The third-order valence-corrected chi connectivity index (χ3v) is 4.29. The van der Waals surface area contributed by atoms with Crippen LogP contribution in [0.2, 0.25) is 0 Å². The second-order valence-electron chi connectivity index (χ2n) is 5.98. The molecule has 25 heavy (non-hydrogen) atoms. The van der Waals surface area contributed by atoms with Crippen LogP contribution in [-0.4, -0.2) is 50.9 Å². The highest BCUT2D eigenvalue weighted by Crippen LogP contribution is 2.27. The number of ether oxygens (including phenoxy) is 1. The molecule has 3 rings (SSSR count). The van der Waals surface area contributed by atoms with E-state index in [1.807, 2.05) is 0 Å². The van der Waals surface area contributed by atoms with Crippen LogP contribution in [0, 0.1) is 10.1 Å². The van der Waals surface area contributed by atoms with Crippen LogP contribution < -0.4 is 5.32 Å². The number of aromatic amines is 1. The molecule has 2 heterocycles. The normalized spacial score (nSPS) is 16.5. The van der Waals surface area contributed by atoms with Crippen LogP contribution in [0.1, 0.15) is 29.8 Å². The van der Waals surface area contributed by atoms with Crippen molar-refractivity contribution in [1.82, 2.24) is 15.5 Å². The third kappa shape index (κ3) is 3.43. The Bertz CT molecular complexity index is 840. The quantitative estimate of drug-likeness (QED) is 0.543. The number of benzene rings is 1. The van der Waals surface area contributed by atoms with Gasteiger partial charge in [0.2, 0.25) is 0 Å². The smallest absolute Gasteiger partial charge is 0.305 e. The zero-order valence-electron chi connectivity index (χ0n) is 13.2. The Morgan fingerprint density at radius 3 is 2.76 bits per heavy atom. The van der Waals surface area contributed by atoms with Gasteiger partial charge in [-0.05, 0) is 18.9 Å². The molecule has 0 spiro atoms. The van der Waals surface area contributed by atoms with Crippen molar-refractivity contribution >= 4 is 28.5 Å². The molecule has 0 saturated carbocycles. The first-order chi connectivity index (χ1) is 11.9. The topological polar surface area (TPSA) is 147 Å². The Morgan fingerprint density at radius 1 is 1.40 bits per heavy atom. The van der Waals surface area contributed by atoms with Gasteiger partial charge >= 0.3 is 5.97 Å². The number of rotatable bonds is 5. The molecule has 10 heteroatoms. The summed E-state index contributed by atoms with van der Waals surface area (Å²) < 4.78 is 5.25. The maximum Gasteiger partial charge on any atom is 0.305 e. The number of aromatic nitrogens is 2. The predicted molar refractivity (Wildman–Crippen MR) is 85.3 cm³/mol. The summed E-state index contributed by atoms with van der Waals surface area (Å²) in [5.41, 5.74) is -0.605. The number of H-pyrrole nitrogens is 1. The lowest BCUT2D eigenvalue weighted by Crippen LogP contribution is -2.53. The van der Waals surface area contributed by atoms with Crippen LogP contribution >= 0.6 is 0 Å². The second-order valence-corrected chi connectivity index (χ2v) is 5.98. The van der Waals surface area contributed by atoms with Gasteiger partial charge in [-0.15, -0.1) is 0 Å². The maximum atomic E-state index is 12.7. The van der Waals surface area contributed by atoms with Gasteiger partial charge in [0.05, 0.1) is 22.4 Å². The van der Waals surface area contributed by atoms with E-state index in [0.29, 0.717) is 37.0 Å². The van der Waals surface area contributed by atoms with Crippen molar-refractivity contribution in [1.29, 1.82) is 0 Å². The SMILES string of the molecule is O=C(O)CC1(NC(=O)c2n[nH]c3ccc([N+](=O)[O-])cc23)CCOCC1. The standard InChI is InChI=1S/C15H16N4O6/c20-12(21)8-15(3-5-25-6-4-15)16-14(22)13-10-7-9(19(23)24)1-2-11(10)17-18-13/h1-2,7H,3-6,8H2,(H,16,22)(H,17,18)(H,20,21). The average molecular weight is 348 g/mol. The van der Waals surface area contributed by atoms with Crippen molar-refractivity contribution in [3.05, 3.63) is 34.0 Å². The third-order valence-electron chi connectivity index (χ3n) is 4.29. The first-order valence-corrected chi connectivity index (χ1v) is 7.65. The van der Waals surface area contributed by atoms with E-state index in [4.69, 9.17) is 9.84 Å². The van der Waals surface area contributed by atoms with Crippen molar-refractivity contribution in [2.75, 3.05) is 13.2 Å². The van der Waals surface area contributed by atoms with Crippen LogP contribution in [0.3, 0.4) is 0 Å². The molecule has 2 aromatic rings. The highest BCUT2D eigenvalue weighted by molar-refractivity contribution is 6.05. The number of nitro groups is 1. The average Bonchev–Trinajstić information content (AvgIpc) is 2.97. The van der Waals surface area contributed by atoms with Crippen LogP contribution in [0.15, 0.2) is 18.2 Å². The monoisotopic (exact) mass is 348 g/mol. The largest absolute Gasteiger partial charge is 0.481 e. The van der Waals surface area contributed by atoms with E-state index in [9.17, 15) is 19.7 Å². The summed E-state index contributed by atoms with van der Waals surface area (Å²) in [6.07, 6.45) is 0.506. The van der Waals surface area contributed by atoms with Gasteiger partial charge in [0.1, 0.15) is 0 Å². The molecule has 1 aromatic carbocycles. The van der Waals surface area contributed by atoms with Gasteiger partial charge in [-0.3, -0.25) is 24.8 Å². The first kappa shape index (κ1) is 16.8. The molecule has 1 saturated heterocycles. The Kier molecular flexibility index (Phi) is 4.36. The summed E-state index contributed by atoms with van der Waals surface area (Å²) in [6.45, 7) is 0.695. The minimum Gasteiger partial charge on any atom is -0.481 e. The summed E-state index contributed by atoms with van der Waals surface area (Å²) in [5, 5.41) is 29.7. The minimum atomic E-state index is -1.02. The summed E-state index contributed by atoms with van der Waals surface area (Å²) in [7, 11) is 0. The molecule has 1 fully saturated rings. The molecule has 0 bridgehead atoms. The van der Waals surface area contributed by atoms with Crippen LogP contribution in [0.25, 0.3) is 10.9 Å². The number of amides is 1. The Labute approximate surface area is 141 Å². The number of hydrogen-bond acceptors (Lipinski definition) is 6. The molecule has 0 radical (unpaired) electrons. The number of carboxylic acid groups (broad SMARTS) is 1. The van der Waals surface area contributed by atoms with Gasteiger partial charge in [0, 0.05) is 30.7 Å². The lowest BCUT2D eigenvalue weighted by atomic mass is 9.86. The second kappa shape index (κ2) is 6.48. The van der Waals surface area contributed by atoms with E-state index in [1.54, 1.807) is 0 Å². The van der Waals surface area contributed by atoms with Crippen LogP contribution in [0.5, 0.6) is 0 Å². The molecule has 1 aliphatic rings. The fourth-order valence-corrected chi connectivity index (χ4v) is 2.99. The first-order valence-electron chi connectivity index (χ1n) is 7.65. The van der Waals surface area contributed by atoms with E-state index in [0.717, 1.165) is 0 Å². The van der Waals surface area contributed by atoms with Gasteiger partial charge in [0.25, 0.3) is 11.6 Å². The summed E-state index contributed by atoms with van der Waals surface area (Å²) in [6, 6.07) is 4.05. The van der Waals surface area contributed by atoms with E-state index in [-0.39, 0.29) is 17.8 Å². The summed E-state index contributed by atoms with van der Waals surface area (Å²) >= 11 is 0. The lowest BCUT2D eigenvalue weighted by Gasteiger charge is -2.36. The van der Waals surface area contributed by atoms with Gasteiger partial charge in [-0.25, -0.2) is 0 Å². The molecule has 10 nitrogen and oxygen atoms in total. The van der Waals surface area contributed by atoms with Gasteiger partial charge in [0.15, 0.2) is 5.69 Å². The van der Waals surface area contributed by atoms with Crippen molar-refractivity contribution in [3.8, 4) is 0 Å². The number of carboxylic acids is 1. The molecular weight excluding hydrogens is 332 g/mol. The molecule has 0 aliphatic carbocycles. The number of non-ortho nitro benzene ring substituents is 1. The van der Waals surface area contributed by atoms with E-state index in [1.165, 1.54) is 18.2 Å². The highest BCUT2D eigenvalue weighted by Gasteiger charge is 2.37. The molecule has 1 aliphatic heterocycles. The zero-order chi connectivity index (χ0) is 18.0. The Hall–Kier alpha value is -3.01. The predicted octanol–water partition coefficient (Wildman–Crippen LogP) is 1.22. The number of carbonyl (C=O) groups excluding carboxylic acids is 1. The number of carbonyl (C=O) groups is 2. The molecule has 0 atom stereocenters. The fraction of sp³-hybridized carbons (Fsp3) is 0.400. The minimum absolute atomic E-state index is 0.00467. The number of nitrogens with one attached hydrogen (secondary N) is 2. The van der Waals surface area contributed by atoms with Crippen molar-refractivity contribution in [2.45, 2.75) is 24.8 Å². The van der Waals surface area contributed by atoms with E-state index in [2.05, 4.69) is 15.5 Å². The Balaban J connectivity index is 1.91. The Morgan fingerprint density at radius 2 is 2.12 bits per heavy atom. The molecule has 3 N–H and O–H groups in total. The van der Waals surface area contributed by atoms with Gasteiger partial charge in [-0.1, -0.05) is 0 Å².